The maximum absolute atomic E-state index is 2.41. The number of fused-ring (bicyclic) bond motifs is 3. The Balaban J connectivity index is 2.03. The molecule has 0 heterocycles. The van der Waals surface area contributed by atoms with E-state index in [1.165, 1.54) is 0 Å². The minimum absolute atomic E-state index is 0.947. The molecule has 0 radical (unpaired) electrons. The van der Waals surface area contributed by atoms with Crippen LogP contribution < -0.4 is 0 Å². The lowest BCUT2D eigenvalue weighted by Gasteiger charge is -2.44. The molecule has 2 heteroatoms. The fourth-order valence-corrected chi connectivity index (χ4v) is 3.25. The van der Waals surface area contributed by atoms with E-state index in [9.17, 15) is 0 Å². The van der Waals surface area contributed by atoms with Gasteiger partial charge >= 0.3 is 0 Å². The lowest BCUT2D eigenvalue weighted by molar-refractivity contribution is 0.106. The molecule has 2 bridgehead atoms. The summed E-state index contributed by atoms with van der Waals surface area (Å²) < 4.78 is 0. The van der Waals surface area contributed by atoms with Gasteiger partial charge in [0.15, 0.2) is 0 Å². The molecule has 0 aliphatic heterocycles. The van der Waals surface area contributed by atoms with Gasteiger partial charge in [0.05, 0.1) is 15.7 Å². The fourth-order valence-electron chi connectivity index (χ4n) is 3.25. The fraction of sp³-hybridized carbons (Fsp3) is 1.00. The van der Waals surface area contributed by atoms with Crippen LogP contribution >= 0.6 is 0 Å². The SMILES string of the molecule is BC(B)C1CC2CCC1CC2. The third-order valence-corrected chi connectivity index (χ3v) is 3.96. The summed E-state index contributed by atoms with van der Waals surface area (Å²) in [6.07, 6.45) is 7.76. The highest BCUT2D eigenvalue weighted by Crippen LogP contribution is 2.47. The third kappa shape index (κ3) is 1.37. The summed E-state index contributed by atoms with van der Waals surface area (Å²) in [5.74, 6) is 3.31. The molecule has 11 heavy (non-hydrogen) atoms. The van der Waals surface area contributed by atoms with Crippen molar-refractivity contribution in [1.29, 1.82) is 0 Å². The van der Waals surface area contributed by atoms with Gasteiger partial charge in [0.2, 0.25) is 0 Å². The van der Waals surface area contributed by atoms with E-state index < -0.39 is 0 Å². The molecule has 0 aromatic carbocycles. The molecule has 1 unspecified atom stereocenters. The summed E-state index contributed by atoms with van der Waals surface area (Å²) in [6, 6.07) is 0. The van der Waals surface area contributed by atoms with Crippen LogP contribution in [-0.4, -0.2) is 15.7 Å². The molecule has 0 aromatic heterocycles. The molecule has 3 aliphatic carbocycles. The van der Waals surface area contributed by atoms with Crippen molar-refractivity contribution in [2.24, 2.45) is 17.8 Å². The second kappa shape index (κ2) is 2.88. The van der Waals surface area contributed by atoms with Crippen LogP contribution in [-0.2, 0) is 0 Å². The standard InChI is InChI=1S/C9H18B2/c10-9(11)8-5-6-1-3-7(8)4-2-6/h6-9H,1-5,10-11H2. The second-order valence-electron chi connectivity index (χ2n) is 4.92. The predicted molar refractivity (Wildman–Crippen MR) is 54.4 cm³/mol. The van der Waals surface area contributed by atoms with Gasteiger partial charge in [0, 0.05) is 0 Å². The first-order chi connectivity index (χ1) is 5.27. The van der Waals surface area contributed by atoms with Crippen LogP contribution in [0.1, 0.15) is 32.1 Å². The molecule has 0 spiro atoms. The average Bonchev–Trinajstić information content (AvgIpc) is 2.06. The molecular weight excluding hydrogens is 130 g/mol. The maximum atomic E-state index is 2.41. The van der Waals surface area contributed by atoms with Crippen LogP contribution in [0.4, 0.5) is 0 Å². The van der Waals surface area contributed by atoms with Crippen molar-refractivity contribution < 1.29 is 0 Å². The predicted octanol–water partition coefficient (Wildman–Crippen LogP) is 0.825. The number of hydrogen-bond donors (Lipinski definition) is 0. The van der Waals surface area contributed by atoms with Crippen molar-refractivity contribution in [3.05, 3.63) is 0 Å². The third-order valence-electron chi connectivity index (χ3n) is 3.96. The minimum atomic E-state index is 0.947. The minimum Gasteiger partial charge on any atom is -0.0929 e. The Morgan fingerprint density at radius 3 is 1.91 bits per heavy atom. The van der Waals surface area contributed by atoms with E-state index >= 15 is 0 Å². The monoisotopic (exact) mass is 148 g/mol. The quantitative estimate of drug-likeness (QED) is 0.483. The van der Waals surface area contributed by atoms with Crippen molar-refractivity contribution in [3.8, 4) is 0 Å². The van der Waals surface area contributed by atoms with E-state index in [2.05, 4.69) is 15.7 Å². The first-order valence-electron chi connectivity index (χ1n) is 5.27. The van der Waals surface area contributed by atoms with Crippen molar-refractivity contribution in [1.82, 2.24) is 0 Å². The number of hydrogen-bond acceptors (Lipinski definition) is 0. The molecule has 3 rings (SSSR count). The summed E-state index contributed by atoms with van der Waals surface area (Å²) >= 11 is 0. The van der Waals surface area contributed by atoms with Crippen molar-refractivity contribution >= 4 is 15.7 Å². The Kier molecular flexibility index (Phi) is 2.03. The van der Waals surface area contributed by atoms with Gasteiger partial charge in [0.1, 0.15) is 0 Å². The highest BCUT2D eigenvalue weighted by Gasteiger charge is 2.36. The van der Waals surface area contributed by atoms with Gasteiger partial charge in [0.25, 0.3) is 0 Å². The van der Waals surface area contributed by atoms with E-state index in [-0.39, 0.29) is 0 Å². The number of rotatable bonds is 1. The lowest BCUT2D eigenvalue weighted by atomic mass is 9.52. The van der Waals surface area contributed by atoms with Crippen molar-refractivity contribution in [2.45, 2.75) is 37.8 Å². The van der Waals surface area contributed by atoms with Crippen LogP contribution in [0, 0.1) is 17.8 Å². The Morgan fingerprint density at radius 1 is 1.00 bits per heavy atom. The molecule has 0 amide bonds. The molecule has 0 saturated heterocycles. The van der Waals surface area contributed by atoms with Crippen molar-refractivity contribution in [3.63, 3.8) is 0 Å². The van der Waals surface area contributed by atoms with E-state index in [1.54, 1.807) is 32.1 Å². The molecule has 1 atom stereocenters. The topological polar surface area (TPSA) is 0 Å². The van der Waals surface area contributed by atoms with Crippen LogP contribution in [0.5, 0.6) is 0 Å². The van der Waals surface area contributed by atoms with Gasteiger partial charge in [-0.15, -0.1) is 0 Å². The van der Waals surface area contributed by atoms with E-state index in [4.69, 9.17) is 0 Å². The smallest absolute Gasteiger partial charge is 0.0929 e. The molecule has 0 N–H and O–H groups in total. The molecule has 3 fully saturated rings. The first kappa shape index (κ1) is 7.76. The Morgan fingerprint density at radius 2 is 1.64 bits per heavy atom. The lowest BCUT2D eigenvalue weighted by Crippen LogP contribution is -2.33. The van der Waals surface area contributed by atoms with Gasteiger partial charge in [-0.25, -0.2) is 0 Å². The van der Waals surface area contributed by atoms with Crippen LogP contribution in [0.15, 0.2) is 0 Å². The zero-order chi connectivity index (χ0) is 7.84. The summed E-state index contributed by atoms with van der Waals surface area (Å²) in [5.41, 5.74) is 0.947. The first-order valence-corrected chi connectivity index (χ1v) is 5.27. The van der Waals surface area contributed by atoms with Gasteiger partial charge in [-0.1, -0.05) is 18.6 Å². The Bertz CT molecular complexity index is 136. The summed E-state index contributed by atoms with van der Waals surface area (Å²) in [6.45, 7) is 0. The van der Waals surface area contributed by atoms with Crippen molar-refractivity contribution in [2.75, 3.05) is 0 Å². The Labute approximate surface area is 72.0 Å². The average molecular weight is 148 g/mol. The molecule has 3 aliphatic rings. The molecule has 60 valence electrons. The van der Waals surface area contributed by atoms with Gasteiger partial charge in [-0.05, 0) is 37.0 Å². The van der Waals surface area contributed by atoms with Crippen LogP contribution in [0.25, 0.3) is 0 Å². The van der Waals surface area contributed by atoms with Gasteiger partial charge < -0.3 is 0 Å². The van der Waals surface area contributed by atoms with Gasteiger partial charge in [-0.3, -0.25) is 0 Å². The van der Waals surface area contributed by atoms with Crippen LogP contribution in [0.2, 0.25) is 5.72 Å². The normalized spacial score (nSPS) is 43.2. The van der Waals surface area contributed by atoms with Gasteiger partial charge in [-0.2, -0.15) is 0 Å². The van der Waals surface area contributed by atoms with E-state index in [0.717, 1.165) is 23.5 Å². The zero-order valence-corrected chi connectivity index (χ0v) is 7.84. The second-order valence-corrected chi connectivity index (χ2v) is 4.92. The summed E-state index contributed by atoms with van der Waals surface area (Å²) in [4.78, 5) is 0. The molecular formula is C9H18B2. The van der Waals surface area contributed by atoms with Crippen LogP contribution in [0.3, 0.4) is 0 Å². The highest BCUT2D eigenvalue weighted by atomic mass is 14.4. The molecule has 0 aromatic rings. The zero-order valence-electron chi connectivity index (χ0n) is 7.84. The van der Waals surface area contributed by atoms with E-state index in [0.29, 0.717) is 0 Å². The molecule has 3 saturated carbocycles. The summed E-state index contributed by atoms with van der Waals surface area (Å²) in [7, 11) is 4.82. The summed E-state index contributed by atoms with van der Waals surface area (Å²) in [5, 5.41) is 0. The highest BCUT2D eigenvalue weighted by molar-refractivity contribution is 6.35. The Hall–Kier alpha value is 0.130. The van der Waals surface area contributed by atoms with E-state index in [1.807, 2.05) is 0 Å². The largest absolute Gasteiger partial charge is 0.0960 e. The maximum Gasteiger partial charge on any atom is 0.0960 e. The molecule has 0 nitrogen and oxygen atoms in total.